The maximum Gasteiger partial charge on any atom is 0.220 e. The van der Waals surface area contributed by atoms with Crippen LogP contribution >= 0.6 is 0 Å². The third kappa shape index (κ3) is 7.91. The van der Waals surface area contributed by atoms with E-state index >= 15 is 0 Å². The Hall–Kier alpha value is -1.71. The van der Waals surface area contributed by atoms with Gasteiger partial charge in [-0.1, -0.05) is 57.9 Å². The highest BCUT2D eigenvalue weighted by molar-refractivity contribution is 5.75. The number of hydrogen-bond donors (Lipinski definition) is 3. The van der Waals surface area contributed by atoms with Gasteiger partial charge in [-0.15, -0.1) is 0 Å². The number of carbonyl (C=O) groups is 1. The summed E-state index contributed by atoms with van der Waals surface area (Å²) in [5, 5.41) is 21.4. The number of rotatable bonds is 11. The van der Waals surface area contributed by atoms with Gasteiger partial charge in [0.15, 0.2) is 11.5 Å². The van der Waals surface area contributed by atoms with Crippen LogP contribution in [-0.2, 0) is 11.3 Å². The third-order valence-electron chi connectivity index (χ3n) is 3.79. The monoisotopic (exact) mass is 307 g/mol. The molecule has 0 heterocycles. The van der Waals surface area contributed by atoms with E-state index < -0.39 is 0 Å². The van der Waals surface area contributed by atoms with E-state index in [4.69, 9.17) is 0 Å². The summed E-state index contributed by atoms with van der Waals surface area (Å²) in [7, 11) is 0. The summed E-state index contributed by atoms with van der Waals surface area (Å²) in [6, 6.07) is 4.58. The Morgan fingerprint density at radius 3 is 2.23 bits per heavy atom. The smallest absolute Gasteiger partial charge is 0.220 e. The van der Waals surface area contributed by atoms with E-state index in [1.54, 1.807) is 6.07 Å². The van der Waals surface area contributed by atoms with Gasteiger partial charge in [-0.3, -0.25) is 4.79 Å². The number of amides is 1. The molecule has 0 bridgehead atoms. The number of nitrogens with one attached hydrogen (secondary N) is 1. The molecule has 22 heavy (non-hydrogen) atoms. The molecular weight excluding hydrogens is 278 g/mol. The van der Waals surface area contributed by atoms with Gasteiger partial charge in [0, 0.05) is 13.0 Å². The molecule has 0 saturated heterocycles. The molecule has 1 amide bonds. The van der Waals surface area contributed by atoms with Crippen LogP contribution in [0.4, 0.5) is 0 Å². The van der Waals surface area contributed by atoms with E-state index in [0.29, 0.717) is 13.0 Å². The topological polar surface area (TPSA) is 69.6 Å². The molecule has 0 aliphatic rings. The molecule has 1 aromatic carbocycles. The Morgan fingerprint density at radius 2 is 1.59 bits per heavy atom. The van der Waals surface area contributed by atoms with E-state index in [-0.39, 0.29) is 17.4 Å². The molecule has 3 N–H and O–H groups in total. The van der Waals surface area contributed by atoms with Crippen molar-refractivity contribution in [2.75, 3.05) is 0 Å². The lowest BCUT2D eigenvalue weighted by atomic mass is 10.1. The largest absolute Gasteiger partial charge is 0.504 e. The summed E-state index contributed by atoms with van der Waals surface area (Å²) in [6.07, 6.45) is 10.3. The van der Waals surface area contributed by atoms with Gasteiger partial charge in [-0.2, -0.15) is 0 Å². The third-order valence-corrected chi connectivity index (χ3v) is 3.79. The lowest BCUT2D eigenvalue weighted by molar-refractivity contribution is -0.121. The van der Waals surface area contributed by atoms with Crippen LogP contribution in [0.2, 0.25) is 0 Å². The molecule has 0 aliphatic carbocycles. The number of phenolic OH excluding ortho intramolecular Hbond substituents is 2. The molecule has 0 saturated carbocycles. The molecular formula is C18H29NO3. The minimum absolute atomic E-state index is 0.0403. The highest BCUT2D eigenvalue weighted by Crippen LogP contribution is 2.24. The van der Waals surface area contributed by atoms with Crippen molar-refractivity contribution in [1.29, 1.82) is 0 Å². The van der Waals surface area contributed by atoms with Crippen molar-refractivity contribution in [1.82, 2.24) is 5.32 Å². The second kappa shape index (κ2) is 10.9. The van der Waals surface area contributed by atoms with Crippen molar-refractivity contribution in [3.05, 3.63) is 23.8 Å². The van der Waals surface area contributed by atoms with Crippen molar-refractivity contribution in [2.45, 2.75) is 71.3 Å². The summed E-state index contributed by atoms with van der Waals surface area (Å²) in [5.74, 6) is -0.262. The quantitative estimate of drug-likeness (QED) is 0.423. The van der Waals surface area contributed by atoms with Crippen LogP contribution in [0.3, 0.4) is 0 Å². The normalized spacial score (nSPS) is 10.6. The van der Waals surface area contributed by atoms with Crippen molar-refractivity contribution in [3.8, 4) is 11.5 Å². The predicted molar refractivity (Wildman–Crippen MR) is 88.8 cm³/mol. The van der Waals surface area contributed by atoms with E-state index in [1.165, 1.54) is 50.7 Å². The fourth-order valence-electron chi connectivity index (χ4n) is 2.39. The maximum absolute atomic E-state index is 11.7. The Morgan fingerprint density at radius 1 is 0.955 bits per heavy atom. The fraction of sp³-hybridized carbons (Fsp3) is 0.611. The summed E-state index contributed by atoms with van der Waals surface area (Å²) in [6.45, 7) is 2.60. The maximum atomic E-state index is 11.7. The zero-order chi connectivity index (χ0) is 16.2. The van der Waals surface area contributed by atoms with Crippen LogP contribution in [0.1, 0.15) is 70.3 Å². The molecule has 4 heteroatoms. The van der Waals surface area contributed by atoms with E-state index in [1.807, 2.05) is 0 Å². The Kier molecular flexibility index (Phi) is 9.12. The molecule has 1 aromatic rings. The Balaban J connectivity index is 2.05. The molecule has 0 atom stereocenters. The van der Waals surface area contributed by atoms with Gasteiger partial charge in [0.1, 0.15) is 0 Å². The SMILES string of the molecule is CCCCCCCCCCC(=O)NCc1ccc(O)c(O)c1. The number of benzene rings is 1. The van der Waals surface area contributed by atoms with Gasteiger partial charge in [-0.25, -0.2) is 0 Å². The lowest BCUT2D eigenvalue weighted by Gasteiger charge is -2.06. The molecule has 0 aromatic heterocycles. The fourth-order valence-corrected chi connectivity index (χ4v) is 2.39. The van der Waals surface area contributed by atoms with Gasteiger partial charge >= 0.3 is 0 Å². The minimum atomic E-state index is -0.158. The van der Waals surface area contributed by atoms with Crippen molar-refractivity contribution in [3.63, 3.8) is 0 Å². The second-order valence-electron chi connectivity index (χ2n) is 5.82. The average molecular weight is 307 g/mol. The Labute approximate surface area is 133 Å². The first kappa shape index (κ1) is 18.3. The summed E-state index contributed by atoms with van der Waals surface area (Å²) in [5.41, 5.74) is 0.777. The standard InChI is InChI=1S/C18H29NO3/c1-2-3-4-5-6-7-8-9-10-18(22)19-14-15-11-12-16(20)17(21)13-15/h11-13,20-21H,2-10,14H2,1H3,(H,19,22). The molecule has 124 valence electrons. The van der Waals surface area contributed by atoms with E-state index in [2.05, 4.69) is 12.2 Å². The lowest BCUT2D eigenvalue weighted by Crippen LogP contribution is -2.22. The second-order valence-corrected chi connectivity index (χ2v) is 5.82. The van der Waals surface area contributed by atoms with Crippen molar-refractivity contribution in [2.24, 2.45) is 0 Å². The van der Waals surface area contributed by atoms with Crippen molar-refractivity contribution < 1.29 is 15.0 Å². The minimum Gasteiger partial charge on any atom is -0.504 e. The first-order valence-corrected chi connectivity index (χ1v) is 8.41. The first-order valence-electron chi connectivity index (χ1n) is 8.41. The predicted octanol–water partition coefficient (Wildman–Crippen LogP) is 4.24. The summed E-state index contributed by atoms with van der Waals surface area (Å²) in [4.78, 5) is 11.7. The van der Waals surface area contributed by atoms with Crippen LogP contribution in [-0.4, -0.2) is 16.1 Å². The van der Waals surface area contributed by atoms with Crippen molar-refractivity contribution >= 4 is 5.91 Å². The van der Waals surface area contributed by atoms with Crippen LogP contribution < -0.4 is 5.32 Å². The molecule has 0 spiro atoms. The van der Waals surface area contributed by atoms with Gasteiger partial charge < -0.3 is 15.5 Å². The van der Waals surface area contributed by atoms with Crippen LogP contribution in [0.5, 0.6) is 11.5 Å². The Bertz CT molecular complexity index is 446. The van der Waals surface area contributed by atoms with E-state index in [9.17, 15) is 15.0 Å². The van der Waals surface area contributed by atoms with Gasteiger partial charge in [0.25, 0.3) is 0 Å². The summed E-state index contributed by atoms with van der Waals surface area (Å²) >= 11 is 0. The highest BCUT2D eigenvalue weighted by Gasteiger charge is 2.04. The van der Waals surface area contributed by atoms with Gasteiger partial charge in [0.2, 0.25) is 5.91 Å². The molecule has 0 aliphatic heterocycles. The zero-order valence-corrected chi connectivity index (χ0v) is 13.6. The van der Waals surface area contributed by atoms with E-state index in [0.717, 1.165) is 18.4 Å². The van der Waals surface area contributed by atoms with Gasteiger partial charge in [0.05, 0.1) is 0 Å². The number of hydrogen-bond acceptors (Lipinski definition) is 3. The molecule has 1 rings (SSSR count). The highest BCUT2D eigenvalue weighted by atomic mass is 16.3. The van der Waals surface area contributed by atoms with Gasteiger partial charge in [-0.05, 0) is 24.1 Å². The molecule has 0 radical (unpaired) electrons. The van der Waals surface area contributed by atoms with Crippen LogP contribution in [0.25, 0.3) is 0 Å². The van der Waals surface area contributed by atoms with Crippen LogP contribution in [0, 0.1) is 0 Å². The summed E-state index contributed by atoms with van der Waals surface area (Å²) < 4.78 is 0. The number of carbonyl (C=O) groups excluding carboxylic acids is 1. The number of phenols is 2. The van der Waals surface area contributed by atoms with Crippen LogP contribution in [0.15, 0.2) is 18.2 Å². The number of unbranched alkanes of at least 4 members (excludes halogenated alkanes) is 7. The molecule has 4 nitrogen and oxygen atoms in total. The first-order chi connectivity index (χ1) is 10.6. The molecule has 0 fully saturated rings. The number of aromatic hydroxyl groups is 2. The molecule has 0 unspecified atom stereocenters. The average Bonchev–Trinajstić information content (AvgIpc) is 2.51. The zero-order valence-electron chi connectivity index (χ0n) is 13.6.